The molecule has 0 saturated heterocycles. The van der Waals surface area contributed by atoms with Crippen molar-refractivity contribution in [3.63, 3.8) is 0 Å². The number of aromatic nitrogens is 2. The number of ether oxygens (including phenoxy) is 1. The third-order valence-corrected chi connectivity index (χ3v) is 7.02. The molecule has 0 atom stereocenters. The number of carbonyl (C=O) groups is 1. The first-order chi connectivity index (χ1) is 18.8. The summed E-state index contributed by atoms with van der Waals surface area (Å²) in [5.74, 6) is -4.74. The molecule has 1 aliphatic carbocycles. The molecular weight excluding hydrogens is 564 g/mol. The van der Waals surface area contributed by atoms with Gasteiger partial charge in [-0.3, -0.25) is 9.59 Å². The van der Waals surface area contributed by atoms with Crippen LogP contribution in [0.3, 0.4) is 0 Å². The largest absolute Gasteiger partial charge is 0.417 e. The van der Waals surface area contributed by atoms with Gasteiger partial charge < -0.3 is 15.0 Å². The number of halogens is 7. The lowest BCUT2D eigenvalue weighted by atomic mass is 9.86. The Bertz CT molecular complexity index is 1470. The van der Waals surface area contributed by atoms with Crippen LogP contribution in [-0.2, 0) is 28.9 Å². The number of carbonyl (C=O) groups excluding carboxylic acids is 1. The van der Waals surface area contributed by atoms with Gasteiger partial charge in [0, 0.05) is 28.6 Å². The predicted molar refractivity (Wildman–Crippen MR) is 134 cm³/mol. The van der Waals surface area contributed by atoms with Gasteiger partial charge in [0.25, 0.3) is 5.56 Å². The summed E-state index contributed by atoms with van der Waals surface area (Å²) in [6.45, 7) is 0.694. The van der Waals surface area contributed by atoms with Crippen molar-refractivity contribution in [3.8, 4) is 11.4 Å². The third-order valence-electron chi connectivity index (χ3n) is 6.78. The zero-order valence-electron chi connectivity index (χ0n) is 21.1. The normalized spacial score (nSPS) is 17.6. The molecule has 13 heteroatoms. The standard InChI is InChI=1S/C27H24ClF6N3O3/c1-13-22(30)26(39)37-24(36-13)21-19(27(32,33)34)9-5-15(23(21)31)11-35-25(38)14-3-7-18(8-4-14)40-12-16-2-6-17(28)10-20(16)29/h2,5-6,9-10,14,18H,3-4,7-8,11-12H2,1H3,(H,35,38)(H,36,37,39)/t14-,18-. The molecule has 1 fully saturated rings. The highest BCUT2D eigenvalue weighted by atomic mass is 35.5. The highest BCUT2D eigenvalue weighted by molar-refractivity contribution is 6.30. The molecule has 1 saturated carbocycles. The van der Waals surface area contributed by atoms with Crippen LogP contribution in [0.2, 0.25) is 5.02 Å². The van der Waals surface area contributed by atoms with Crippen LogP contribution in [-0.4, -0.2) is 22.0 Å². The highest BCUT2D eigenvalue weighted by Gasteiger charge is 2.37. The summed E-state index contributed by atoms with van der Waals surface area (Å²) in [7, 11) is 0. The summed E-state index contributed by atoms with van der Waals surface area (Å²) in [5, 5.41) is 2.82. The van der Waals surface area contributed by atoms with Gasteiger partial charge in [-0.2, -0.15) is 17.6 Å². The molecule has 0 radical (unpaired) electrons. The zero-order valence-corrected chi connectivity index (χ0v) is 21.9. The topological polar surface area (TPSA) is 84.1 Å². The first-order valence-corrected chi connectivity index (χ1v) is 12.7. The average molecular weight is 588 g/mol. The van der Waals surface area contributed by atoms with Crippen LogP contribution < -0.4 is 10.9 Å². The van der Waals surface area contributed by atoms with Gasteiger partial charge in [-0.25, -0.2) is 13.8 Å². The van der Waals surface area contributed by atoms with E-state index in [9.17, 15) is 31.5 Å². The number of H-pyrrole nitrogens is 1. The minimum absolute atomic E-state index is 0.0494. The van der Waals surface area contributed by atoms with Crippen LogP contribution in [0.5, 0.6) is 0 Å². The van der Waals surface area contributed by atoms with Gasteiger partial charge in [-0.15, -0.1) is 0 Å². The Balaban J connectivity index is 1.41. The first-order valence-electron chi connectivity index (χ1n) is 12.3. The second-order valence-electron chi connectivity index (χ2n) is 9.51. The number of rotatable bonds is 7. The van der Waals surface area contributed by atoms with Crippen molar-refractivity contribution >= 4 is 17.5 Å². The Morgan fingerprint density at radius 1 is 1.07 bits per heavy atom. The molecule has 0 unspecified atom stereocenters. The number of hydrogen-bond donors (Lipinski definition) is 2. The minimum Gasteiger partial charge on any atom is -0.373 e. The molecule has 4 rings (SSSR count). The van der Waals surface area contributed by atoms with E-state index in [1.165, 1.54) is 12.1 Å². The molecular formula is C27H24ClF6N3O3. The Morgan fingerprint density at radius 3 is 2.38 bits per heavy atom. The van der Waals surface area contributed by atoms with Crippen molar-refractivity contribution in [1.29, 1.82) is 0 Å². The van der Waals surface area contributed by atoms with Gasteiger partial charge >= 0.3 is 6.18 Å². The minimum atomic E-state index is -5.00. The van der Waals surface area contributed by atoms with Gasteiger partial charge in [-0.05, 0) is 50.8 Å². The molecule has 3 aromatic rings. The number of nitrogens with zero attached hydrogens (tertiary/aromatic N) is 1. The van der Waals surface area contributed by atoms with E-state index in [0.717, 1.165) is 13.0 Å². The molecule has 6 nitrogen and oxygen atoms in total. The Kier molecular flexibility index (Phi) is 8.89. The number of aromatic amines is 1. The van der Waals surface area contributed by atoms with E-state index in [4.69, 9.17) is 16.3 Å². The summed E-state index contributed by atoms with van der Waals surface area (Å²) in [5.41, 5.74) is -4.21. The Labute approximate surface area is 229 Å². The molecule has 2 N–H and O–H groups in total. The van der Waals surface area contributed by atoms with Crippen LogP contribution in [0.15, 0.2) is 35.1 Å². The second kappa shape index (κ2) is 12.0. The number of aryl methyl sites for hydroxylation is 1. The summed E-state index contributed by atoms with van der Waals surface area (Å²) >= 11 is 5.75. The number of benzene rings is 2. The summed E-state index contributed by atoms with van der Waals surface area (Å²) < 4.78 is 89.7. The predicted octanol–water partition coefficient (Wildman–Crippen LogP) is 6.23. The molecule has 2 aromatic carbocycles. The van der Waals surface area contributed by atoms with Crippen molar-refractivity contribution in [1.82, 2.24) is 15.3 Å². The van der Waals surface area contributed by atoms with Crippen LogP contribution in [0.25, 0.3) is 11.4 Å². The Hall–Kier alpha value is -3.38. The summed E-state index contributed by atoms with van der Waals surface area (Å²) in [4.78, 5) is 30.0. The Morgan fingerprint density at radius 2 is 1.75 bits per heavy atom. The number of nitrogens with one attached hydrogen (secondary N) is 2. The quantitative estimate of drug-likeness (QED) is 0.321. The molecule has 0 aliphatic heterocycles. The molecule has 0 bridgehead atoms. The van der Waals surface area contributed by atoms with Gasteiger partial charge in [-0.1, -0.05) is 23.7 Å². The molecule has 40 heavy (non-hydrogen) atoms. The molecule has 1 aromatic heterocycles. The van der Waals surface area contributed by atoms with Crippen molar-refractivity contribution in [2.75, 3.05) is 0 Å². The fraction of sp³-hybridized carbons (Fsp3) is 0.370. The van der Waals surface area contributed by atoms with Crippen LogP contribution >= 0.6 is 11.6 Å². The fourth-order valence-electron chi connectivity index (χ4n) is 4.58. The lowest BCUT2D eigenvalue weighted by Crippen LogP contribution is -2.34. The summed E-state index contributed by atoms with van der Waals surface area (Å²) in [6, 6.07) is 5.79. The zero-order chi connectivity index (χ0) is 29.2. The summed E-state index contributed by atoms with van der Waals surface area (Å²) in [6.07, 6.45) is -3.26. The first kappa shape index (κ1) is 29.6. The van der Waals surface area contributed by atoms with E-state index in [-0.39, 0.29) is 23.3 Å². The number of alkyl halides is 3. The monoisotopic (exact) mass is 587 g/mol. The SMILES string of the molecule is Cc1nc(-c2c(C(F)(F)F)ccc(CNC(=O)[C@H]3CC[C@H](OCc4ccc(Cl)cc4F)CC3)c2F)[nH]c(=O)c1F. The molecule has 1 amide bonds. The van der Waals surface area contributed by atoms with Crippen molar-refractivity contribution < 1.29 is 35.9 Å². The van der Waals surface area contributed by atoms with Gasteiger partial charge in [0.2, 0.25) is 11.7 Å². The smallest absolute Gasteiger partial charge is 0.373 e. The van der Waals surface area contributed by atoms with E-state index in [1.807, 2.05) is 4.98 Å². The lowest BCUT2D eigenvalue weighted by Gasteiger charge is -2.28. The van der Waals surface area contributed by atoms with Gasteiger partial charge in [0.05, 0.1) is 29.5 Å². The molecule has 1 aliphatic rings. The van der Waals surface area contributed by atoms with E-state index in [2.05, 4.69) is 10.3 Å². The van der Waals surface area contributed by atoms with Crippen molar-refractivity contribution in [3.05, 3.63) is 85.5 Å². The lowest BCUT2D eigenvalue weighted by molar-refractivity contribution is -0.137. The second-order valence-corrected chi connectivity index (χ2v) is 9.95. The third kappa shape index (κ3) is 6.67. The van der Waals surface area contributed by atoms with Crippen LogP contribution in [0.4, 0.5) is 26.3 Å². The van der Waals surface area contributed by atoms with E-state index < -0.39 is 70.2 Å². The van der Waals surface area contributed by atoms with E-state index in [1.54, 1.807) is 6.07 Å². The van der Waals surface area contributed by atoms with Crippen LogP contribution in [0.1, 0.15) is 48.1 Å². The van der Waals surface area contributed by atoms with E-state index >= 15 is 4.39 Å². The van der Waals surface area contributed by atoms with Gasteiger partial charge in [0.1, 0.15) is 17.5 Å². The molecule has 1 heterocycles. The van der Waals surface area contributed by atoms with Crippen molar-refractivity contribution in [2.45, 2.75) is 58.0 Å². The molecule has 0 spiro atoms. The van der Waals surface area contributed by atoms with Crippen molar-refractivity contribution in [2.24, 2.45) is 5.92 Å². The maximum Gasteiger partial charge on any atom is 0.417 e. The van der Waals surface area contributed by atoms with Crippen LogP contribution in [0, 0.1) is 30.3 Å². The highest BCUT2D eigenvalue weighted by Crippen LogP contribution is 2.38. The molecule has 214 valence electrons. The maximum absolute atomic E-state index is 15.4. The van der Waals surface area contributed by atoms with Gasteiger partial charge in [0.15, 0.2) is 0 Å². The fourth-order valence-corrected chi connectivity index (χ4v) is 4.74. The van der Waals surface area contributed by atoms with E-state index in [0.29, 0.717) is 37.3 Å². The average Bonchev–Trinajstić information content (AvgIpc) is 2.89. The number of amides is 1. The number of hydrogen-bond acceptors (Lipinski definition) is 4. The maximum atomic E-state index is 15.4.